The molecule has 3 rings (SSSR count). The lowest BCUT2D eigenvalue weighted by Crippen LogP contribution is -2.28. The number of carbonyl (C=O) groups excluding carboxylic acids is 2. The average molecular weight is 370 g/mol. The molecule has 2 amide bonds. The Hall–Kier alpha value is -2.87. The first kappa shape index (κ1) is 17.9. The third-order valence-electron chi connectivity index (χ3n) is 3.73. The van der Waals surface area contributed by atoms with E-state index in [1.807, 2.05) is 31.2 Å². The van der Waals surface area contributed by atoms with Gasteiger partial charge in [-0.25, -0.2) is 0 Å². The Labute approximate surface area is 155 Å². The maximum Gasteiger partial charge on any atom is 0.240 e. The molecule has 0 saturated carbocycles. The molecule has 0 spiro atoms. The summed E-state index contributed by atoms with van der Waals surface area (Å²) >= 11 is 1.19. The quantitative estimate of drug-likeness (QED) is 0.625. The third kappa shape index (κ3) is 4.40. The largest absolute Gasteiger partial charge is 0.463 e. The number of para-hydroxylation sites is 1. The fourth-order valence-corrected chi connectivity index (χ4v) is 3.24. The maximum atomic E-state index is 12.2. The standard InChI is InChI=1S/C18H18N4O3S/c1-11-6-3-4-7-13(11)19-16(23)10-15-17(24)20-18(26-15)22-21-12(2)14-8-5-9-25-14/h3-9,15H,10H2,1-2H3,(H,19,23)(H,20,22,24)/b21-12-. The van der Waals surface area contributed by atoms with Crippen LogP contribution in [0.3, 0.4) is 0 Å². The molecule has 7 nitrogen and oxygen atoms in total. The number of amides is 2. The molecule has 1 fully saturated rings. The van der Waals surface area contributed by atoms with Gasteiger partial charge in [0.2, 0.25) is 11.8 Å². The van der Waals surface area contributed by atoms with Crippen molar-refractivity contribution < 1.29 is 14.0 Å². The minimum absolute atomic E-state index is 0.0603. The van der Waals surface area contributed by atoms with Crippen LogP contribution in [0.15, 0.2) is 57.3 Å². The molecule has 8 heteroatoms. The molecule has 1 unspecified atom stereocenters. The lowest BCUT2D eigenvalue weighted by atomic mass is 10.2. The Morgan fingerprint density at radius 2 is 2.12 bits per heavy atom. The van der Waals surface area contributed by atoms with Gasteiger partial charge in [-0.05, 0) is 37.6 Å². The van der Waals surface area contributed by atoms with Gasteiger partial charge in [-0.3, -0.25) is 9.59 Å². The van der Waals surface area contributed by atoms with Gasteiger partial charge in [-0.15, -0.1) is 10.2 Å². The van der Waals surface area contributed by atoms with E-state index in [-0.39, 0.29) is 18.2 Å². The topological polar surface area (TPSA) is 96.1 Å². The van der Waals surface area contributed by atoms with Crippen LogP contribution in [0.5, 0.6) is 0 Å². The van der Waals surface area contributed by atoms with Gasteiger partial charge in [0.25, 0.3) is 0 Å². The summed E-state index contributed by atoms with van der Waals surface area (Å²) in [7, 11) is 0. The summed E-state index contributed by atoms with van der Waals surface area (Å²) in [5.74, 6) is 0.140. The number of hydrogen-bond acceptors (Lipinski definition) is 6. The molecule has 0 bridgehead atoms. The van der Waals surface area contributed by atoms with Crippen LogP contribution in [0.1, 0.15) is 24.7 Å². The van der Waals surface area contributed by atoms with Gasteiger partial charge in [0.15, 0.2) is 5.17 Å². The number of nitrogens with zero attached hydrogens (tertiary/aromatic N) is 2. The second-order valence-electron chi connectivity index (χ2n) is 5.73. The summed E-state index contributed by atoms with van der Waals surface area (Å²) in [6.07, 6.45) is 1.61. The van der Waals surface area contributed by atoms with Crippen LogP contribution in [0.2, 0.25) is 0 Å². The van der Waals surface area contributed by atoms with Crippen LogP contribution < -0.4 is 10.6 Å². The van der Waals surface area contributed by atoms with E-state index in [4.69, 9.17) is 4.42 Å². The van der Waals surface area contributed by atoms with Crippen LogP contribution in [-0.4, -0.2) is 27.9 Å². The van der Waals surface area contributed by atoms with Crippen LogP contribution >= 0.6 is 11.8 Å². The second kappa shape index (κ2) is 8.01. The van der Waals surface area contributed by atoms with Crippen molar-refractivity contribution in [2.45, 2.75) is 25.5 Å². The van der Waals surface area contributed by atoms with Crippen molar-refractivity contribution in [3.05, 3.63) is 54.0 Å². The summed E-state index contributed by atoms with van der Waals surface area (Å²) in [6.45, 7) is 3.67. The van der Waals surface area contributed by atoms with Crippen molar-refractivity contribution in [1.82, 2.24) is 5.32 Å². The van der Waals surface area contributed by atoms with E-state index >= 15 is 0 Å². The van der Waals surface area contributed by atoms with Crippen molar-refractivity contribution in [1.29, 1.82) is 0 Å². The number of carbonyl (C=O) groups is 2. The fourth-order valence-electron chi connectivity index (χ4n) is 2.32. The summed E-state index contributed by atoms with van der Waals surface area (Å²) in [6, 6.07) is 11.0. The molecular weight excluding hydrogens is 352 g/mol. The smallest absolute Gasteiger partial charge is 0.240 e. The predicted molar refractivity (Wildman–Crippen MR) is 102 cm³/mol. The van der Waals surface area contributed by atoms with E-state index in [0.717, 1.165) is 11.3 Å². The molecule has 134 valence electrons. The first-order valence-corrected chi connectivity index (χ1v) is 8.90. The lowest BCUT2D eigenvalue weighted by molar-refractivity contribution is -0.122. The molecule has 26 heavy (non-hydrogen) atoms. The number of anilines is 1. The highest BCUT2D eigenvalue weighted by Gasteiger charge is 2.32. The molecule has 1 aliphatic rings. The summed E-state index contributed by atoms with van der Waals surface area (Å²) in [5, 5.41) is 13.4. The zero-order valence-electron chi connectivity index (χ0n) is 14.4. The maximum absolute atomic E-state index is 12.2. The number of aryl methyl sites for hydroxylation is 1. The Morgan fingerprint density at radius 1 is 1.31 bits per heavy atom. The van der Waals surface area contributed by atoms with Crippen molar-refractivity contribution in [2.75, 3.05) is 5.32 Å². The molecule has 1 aromatic carbocycles. The van der Waals surface area contributed by atoms with Gasteiger partial charge in [0, 0.05) is 12.1 Å². The number of hydrogen-bond donors (Lipinski definition) is 2. The van der Waals surface area contributed by atoms with Crippen LogP contribution in [0.4, 0.5) is 5.69 Å². The molecule has 1 saturated heterocycles. The molecule has 2 aromatic rings. The van der Waals surface area contributed by atoms with E-state index in [2.05, 4.69) is 20.8 Å². The highest BCUT2D eigenvalue weighted by Crippen LogP contribution is 2.23. The molecule has 0 radical (unpaired) electrons. The zero-order valence-corrected chi connectivity index (χ0v) is 15.2. The number of thioether (sulfide) groups is 1. The van der Waals surface area contributed by atoms with Crippen LogP contribution in [0, 0.1) is 6.92 Å². The van der Waals surface area contributed by atoms with Gasteiger partial charge >= 0.3 is 0 Å². The second-order valence-corrected chi connectivity index (χ2v) is 6.92. The van der Waals surface area contributed by atoms with Crippen molar-refractivity contribution in [3.8, 4) is 0 Å². The minimum Gasteiger partial charge on any atom is -0.463 e. The van der Waals surface area contributed by atoms with E-state index in [1.54, 1.807) is 25.3 Å². The summed E-state index contributed by atoms with van der Waals surface area (Å²) < 4.78 is 5.22. The lowest BCUT2D eigenvalue weighted by Gasteiger charge is -2.09. The van der Waals surface area contributed by atoms with E-state index in [9.17, 15) is 9.59 Å². The number of benzene rings is 1. The van der Waals surface area contributed by atoms with Gasteiger partial charge in [0.1, 0.15) is 16.7 Å². The van der Waals surface area contributed by atoms with Gasteiger partial charge in [-0.1, -0.05) is 30.0 Å². The summed E-state index contributed by atoms with van der Waals surface area (Å²) in [4.78, 5) is 24.3. The number of furan rings is 1. The van der Waals surface area contributed by atoms with Crippen molar-refractivity contribution in [2.24, 2.45) is 10.2 Å². The van der Waals surface area contributed by atoms with E-state index < -0.39 is 5.25 Å². The van der Waals surface area contributed by atoms with Gasteiger partial charge in [0.05, 0.1) is 6.26 Å². The Kier molecular flexibility index (Phi) is 5.52. The average Bonchev–Trinajstić information content (AvgIpc) is 3.25. The monoisotopic (exact) mass is 370 g/mol. The molecule has 1 atom stereocenters. The fraction of sp³-hybridized carbons (Fsp3) is 0.222. The highest BCUT2D eigenvalue weighted by molar-refractivity contribution is 8.15. The summed E-state index contributed by atoms with van der Waals surface area (Å²) in [5.41, 5.74) is 2.31. The van der Waals surface area contributed by atoms with Crippen LogP contribution in [-0.2, 0) is 9.59 Å². The minimum atomic E-state index is -0.531. The van der Waals surface area contributed by atoms with E-state index in [0.29, 0.717) is 16.6 Å². The number of amidine groups is 1. The SMILES string of the molecule is C/C(=N/N=C1/NC(=O)C(CC(=O)Nc2ccccc2C)S1)c1ccco1. The van der Waals surface area contributed by atoms with E-state index in [1.165, 1.54) is 11.8 Å². The Bertz CT molecular complexity index is 874. The zero-order chi connectivity index (χ0) is 18.5. The molecule has 1 aliphatic heterocycles. The molecule has 0 aliphatic carbocycles. The number of rotatable bonds is 5. The normalized spacial score (nSPS) is 18.8. The van der Waals surface area contributed by atoms with Gasteiger partial charge in [-0.2, -0.15) is 0 Å². The van der Waals surface area contributed by atoms with Gasteiger partial charge < -0.3 is 15.1 Å². The van der Waals surface area contributed by atoms with Crippen LogP contribution in [0.25, 0.3) is 0 Å². The van der Waals surface area contributed by atoms with Crippen molar-refractivity contribution >= 4 is 40.1 Å². The molecular formula is C18H18N4O3S. The molecule has 2 N–H and O–H groups in total. The Morgan fingerprint density at radius 3 is 2.85 bits per heavy atom. The Balaban J connectivity index is 1.59. The number of nitrogens with one attached hydrogen (secondary N) is 2. The molecule has 1 aromatic heterocycles. The highest BCUT2D eigenvalue weighted by atomic mass is 32.2. The molecule has 2 heterocycles. The first-order valence-electron chi connectivity index (χ1n) is 8.02. The van der Waals surface area contributed by atoms with Crippen molar-refractivity contribution in [3.63, 3.8) is 0 Å². The predicted octanol–water partition coefficient (Wildman–Crippen LogP) is 2.93. The first-order chi connectivity index (χ1) is 12.5. The third-order valence-corrected chi connectivity index (χ3v) is 4.81.